The van der Waals surface area contributed by atoms with E-state index in [4.69, 9.17) is 4.74 Å². The monoisotopic (exact) mass is 290 g/mol. The number of carboxylic acids is 1. The van der Waals surface area contributed by atoms with Crippen molar-refractivity contribution < 1.29 is 19.4 Å². The van der Waals surface area contributed by atoms with E-state index < -0.39 is 17.9 Å². The van der Waals surface area contributed by atoms with Crippen LogP contribution in [0.5, 0.6) is 5.75 Å². The van der Waals surface area contributed by atoms with E-state index in [1.165, 1.54) is 38.1 Å². The van der Waals surface area contributed by atoms with Gasteiger partial charge in [-0.05, 0) is 6.07 Å². The van der Waals surface area contributed by atoms with Gasteiger partial charge in [-0.1, -0.05) is 0 Å². The Bertz CT molecular complexity index is 627. The molecule has 3 N–H and O–H groups in total. The molecule has 0 spiro atoms. The maximum Gasteiger partial charge on any atom is 0.326 e. The van der Waals surface area contributed by atoms with Crippen molar-refractivity contribution in [2.75, 3.05) is 7.11 Å². The third kappa shape index (κ3) is 3.56. The molecule has 0 bridgehead atoms. The molecule has 0 radical (unpaired) electrons. The number of ether oxygens (including phenoxy) is 1. The van der Waals surface area contributed by atoms with Crippen LogP contribution >= 0.6 is 0 Å². The number of H-pyrrole nitrogens is 1. The number of nitrogens with zero attached hydrogens (tertiary/aromatic N) is 2. The lowest BCUT2D eigenvalue weighted by Crippen LogP contribution is -2.42. The molecular formula is C13H14N4O4. The van der Waals surface area contributed by atoms with Crippen LogP contribution in [0.4, 0.5) is 0 Å². The molecule has 8 heteroatoms. The normalized spacial score (nSPS) is 11.7. The maximum atomic E-state index is 12.2. The molecule has 21 heavy (non-hydrogen) atoms. The second-order valence-electron chi connectivity index (χ2n) is 4.22. The van der Waals surface area contributed by atoms with Crippen LogP contribution in [0.15, 0.2) is 31.0 Å². The van der Waals surface area contributed by atoms with E-state index in [1.807, 2.05) is 0 Å². The average Bonchev–Trinajstić information content (AvgIpc) is 2.99. The molecule has 110 valence electrons. The van der Waals surface area contributed by atoms with Gasteiger partial charge >= 0.3 is 5.97 Å². The van der Waals surface area contributed by atoms with Crippen LogP contribution in [0.1, 0.15) is 16.1 Å². The molecule has 8 nitrogen and oxygen atoms in total. The lowest BCUT2D eigenvalue weighted by Gasteiger charge is -2.14. The van der Waals surface area contributed by atoms with Crippen molar-refractivity contribution in [3.05, 3.63) is 42.2 Å². The van der Waals surface area contributed by atoms with Crippen molar-refractivity contribution in [3.8, 4) is 5.75 Å². The zero-order valence-corrected chi connectivity index (χ0v) is 11.2. The number of aliphatic carboxylic acids is 1. The number of hydrogen-bond donors (Lipinski definition) is 3. The number of nitrogens with one attached hydrogen (secondary N) is 2. The summed E-state index contributed by atoms with van der Waals surface area (Å²) in [5.41, 5.74) is 0.841. The lowest BCUT2D eigenvalue weighted by molar-refractivity contribution is -0.139. The van der Waals surface area contributed by atoms with Gasteiger partial charge < -0.3 is 20.1 Å². The van der Waals surface area contributed by atoms with E-state index in [-0.39, 0.29) is 17.7 Å². The van der Waals surface area contributed by atoms with Crippen LogP contribution in [-0.2, 0) is 11.2 Å². The molecule has 0 aliphatic carbocycles. The van der Waals surface area contributed by atoms with E-state index in [2.05, 4.69) is 20.3 Å². The molecule has 2 heterocycles. The largest absolute Gasteiger partial charge is 0.494 e. The van der Waals surface area contributed by atoms with E-state index in [0.717, 1.165) is 0 Å². The van der Waals surface area contributed by atoms with Gasteiger partial charge in [0, 0.05) is 24.5 Å². The van der Waals surface area contributed by atoms with Crippen LogP contribution < -0.4 is 10.1 Å². The van der Waals surface area contributed by atoms with E-state index >= 15 is 0 Å². The number of aromatic nitrogens is 3. The number of carboxylic acid groups (broad SMARTS) is 1. The van der Waals surface area contributed by atoms with Crippen LogP contribution in [0, 0.1) is 0 Å². The van der Waals surface area contributed by atoms with Gasteiger partial charge in [-0.2, -0.15) is 0 Å². The number of methoxy groups -OCH3 is 1. The van der Waals surface area contributed by atoms with Gasteiger partial charge in [0.2, 0.25) is 0 Å². The lowest BCUT2D eigenvalue weighted by atomic mass is 10.1. The summed E-state index contributed by atoms with van der Waals surface area (Å²) in [6.45, 7) is 0. The standard InChI is InChI=1S/C13H14N4O4/c1-21-11-6-14-3-2-9(11)12(18)17-10(13(19)20)4-8-5-15-7-16-8/h2-3,5-7,10H,4H2,1H3,(H,15,16)(H,17,18)(H,19,20). The number of aromatic amines is 1. The van der Waals surface area contributed by atoms with Crippen molar-refractivity contribution in [2.24, 2.45) is 0 Å². The van der Waals surface area contributed by atoms with Crippen LogP contribution in [0.25, 0.3) is 0 Å². The van der Waals surface area contributed by atoms with E-state index in [1.54, 1.807) is 0 Å². The summed E-state index contributed by atoms with van der Waals surface area (Å²) in [6, 6.07) is 0.388. The first-order chi connectivity index (χ1) is 10.1. The summed E-state index contributed by atoms with van der Waals surface area (Å²) < 4.78 is 5.03. The fourth-order valence-corrected chi connectivity index (χ4v) is 1.78. The predicted molar refractivity (Wildman–Crippen MR) is 72.0 cm³/mol. The highest BCUT2D eigenvalue weighted by Crippen LogP contribution is 2.15. The third-order valence-electron chi connectivity index (χ3n) is 2.83. The van der Waals surface area contributed by atoms with Crippen LogP contribution in [0.3, 0.4) is 0 Å². The first-order valence-corrected chi connectivity index (χ1v) is 6.10. The molecule has 2 rings (SSSR count). The van der Waals surface area contributed by atoms with Crippen LogP contribution in [0.2, 0.25) is 0 Å². The van der Waals surface area contributed by atoms with Crippen molar-refractivity contribution in [1.29, 1.82) is 0 Å². The summed E-state index contributed by atoms with van der Waals surface area (Å²) in [5, 5.41) is 11.7. The van der Waals surface area contributed by atoms with E-state index in [0.29, 0.717) is 5.69 Å². The summed E-state index contributed by atoms with van der Waals surface area (Å²) in [7, 11) is 1.41. The van der Waals surface area contributed by atoms with Gasteiger partial charge in [-0.15, -0.1) is 0 Å². The van der Waals surface area contributed by atoms with Gasteiger partial charge in [0.15, 0.2) is 0 Å². The number of rotatable bonds is 6. The molecule has 1 atom stereocenters. The van der Waals surface area contributed by atoms with Crippen molar-refractivity contribution in [2.45, 2.75) is 12.5 Å². The number of amides is 1. The topological polar surface area (TPSA) is 117 Å². The SMILES string of the molecule is COc1cnccc1C(=O)NC(Cc1cnc[nH]1)C(=O)O. The highest BCUT2D eigenvalue weighted by atomic mass is 16.5. The molecular weight excluding hydrogens is 276 g/mol. The molecule has 0 saturated heterocycles. The Kier molecular flexibility index (Phi) is 4.50. The maximum absolute atomic E-state index is 12.2. The fraction of sp³-hybridized carbons (Fsp3) is 0.231. The zero-order valence-electron chi connectivity index (χ0n) is 11.2. The number of pyridine rings is 1. The number of carbonyl (C=O) groups is 2. The third-order valence-corrected chi connectivity index (χ3v) is 2.83. The molecule has 0 fully saturated rings. The second-order valence-corrected chi connectivity index (χ2v) is 4.22. The Morgan fingerprint density at radius 2 is 2.24 bits per heavy atom. The minimum absolute atomic E-state index is 0.106. The smallest absolute Gasteiger partial charge is 0.326 e. The number of imidazole rings is 1. The molecule has 1 unspecified atom stereocenters. The molecule has 1 amide bonds. The van der Waals surface area contributed by atoms with Gasteiger partial charge in [-0.3, -0.25) is 9.78 Å². The average molecular weight is 290 g/mol. The number of hydrogen-bond acceptors (Lipinski definition) is 5. The van der Waals surface area contributed by atoms with Gasteiger partial charge in [0.25, 0.3) is 5.91 Å². The van der Waals surface area contributed by atoms with Gasteiger partial charge in [0.05, 0.1) is 25.2 Å². The Morgan fingerprint density at radius 1 is 1.43 bits per heavy atom. The van der Waals surface area contributed by atoms with Crippen molar-refractivity contribution in [3.63, 3.8) is 0 Å². The quantitative estimate of drug-likeness (QED) is 0.701. The summed E-state index contributed by atoms with van der Waals surface area (Å²) in [4.78, 5) is 33.9. The molecule has 2 aromatic heterocycles. The summed E-state index contributed by atoms with van der Waals surface area (Å²) in [5.74, 6) is -1.40. The Hall–Kier alpha value is -2.90. The molecule has 0 aromatic carbocycles. The highest BCUT2D eigenvalue weighted by Gasteiger charge is 2.23. The minimum atomic E-state index is -1.13. The number of carbonyl (C=O) groups excluding carboxylic acids is 1. The minimum Gasteiger partial charge on any atom is -0.494 e. The van der Waals surface area contributed by atoms with Crippen molar-refractivity contribution >= 4 is 11.9 Å². The molecule has 0 saturated carbocycles. The highest BCUT2D eigenvalue weighted by molar-refractivity contribution is 5.98. The summed E-state index contributed by atoms with van der Waals surface area (Å²) in [6.07, 6.45) is 5.88. The van der Waals surface area contributed by atoms with Crippen molar-refractivity contribution in [1.82, 2.24) is 20.3 Å². The summed E-state index contributed by atoms with van der Waals surface area (Å²) >= 11 is 0. The first-order valence-electron chi connectivity index (χ1n) is 6.10. The van der Waals surface area contributed by atoms with Crippen LogP contribution in [-0.4, -0.2) is 45.1 Å². The Labute approximate surface area is 120 Å². The molecule has 0 aliphatic rings. The Morgan fingerprint density at radius 3 is 2.86 bits per heavy atom. The Balaban J connectivity index is 2.13. The second kappa shape index (κ2) is 6.51. The first kappa shape index (κ1) is 14.5. The molecule has 0 aliphatic heterocycles. The fourth-order valence-electron chi connectivity index (χ4n) is 1.78. The van der Waals surface area contributed by atoms with E-state index in [9.17, 15) is 14.7 Å². The zero-order chi connectivity index (χ0) is 15.2. The molecule has 2 aromatic rings. The predicted octanol–water partition coefficient (Wildman–Crippen LogP) is 0.239. The van der Waals surface area contributed by atoms with Gasteiger partial charge in [0.1, 0.15) is 11.8 Å². The van der Waals surface area contributed by atoms with Gasteiger partial charge in [-0.25, -0.2) is 9.78 Å².